The topological polar surface area (TPSA) is 0 Å². The highest BCUT2D eigenvalue weighted by Gasteiger charge is 2.45. The van der Waals surface area contributed by atoms with Crippen LogP contribution in [-0.2, 0) is 0 Å². The van der Waals surface area contributed by atoms with Crippen LogP contribution in [0.4, 0.5) is 0 Å². The number of fused-ring (bicyclic) bond motifs is 6. The van der Waals surface area contributed by atoms with Gasteiger partial charge in [0.15, 0.2) is 0 Å². The lowest BCUT2D eigenvalue weighted by Gasteiger charge is -2.47. The van der Waals surface area contributed by atoms with Gasteiger partial charge in [0.2, 0.25) is 0 Å². The number of rotatable bonds is 6. The molecule has 0 spiro atoms. The lowest BCUT2D eigenvalue weighted by Crippen LogP contribution is -2.36. The van der Waals surface area contributed by atoms with E-state index in [1.54, 1.807) is 0 Å². The Balaban J connectivity index is 1.63. The van der Waals surface area contributed by atoms with E-state index < -0.39 is 0 Å². The lowest BCUT2D eigenvalue weighted by atomic mass is 9.58. The molecule has 0 aliphatic heterocycles. The predicted molar refractivity (Wildman–Crippen MR) is 115 cm³/mol. The Morgan fingerprint density at radius 1 is 1.12 bits per heavy atom. The van der Waals surface area contributed by atoms with Crippen molar-refractivity contribution < 1.29 is 0 Å². The second kappa shape index (κ2) is 8.83. The van der Waals surface area contributed by atoms with E-state index in [-0.39, 0.29) is 0 Å². The van der Waals surface area contributed by atoms with E-state index >= 15 is 0 Å². The standard InChI is InChI=1S/C26H46/c1-6-8-9-10-20(4)22-15-19(3)11-12-24-23(7-2)25(24)13-14-26(5)17-21(16-22)18-26/h13,19-24H,6-12,14-18H2,1-5H3. The first-order valence-electron chi connectivity index (χ1n) is 12.2. The van der Waals surface area contributed by atoms with E-state index in [1.807, 2.05) is 5.57 Å². The van der Waals surface area contributed by atoms with Gasteiger partial charge < -0.3 is 0 Å². The highest BCUT2D eigenvalue weighted by atomic mass is 14.5. The summed E-state index contributed by atoms with van der Waals surface area (Å²) in [5.74, 6) is 5.81. The largest absolute Gasteiger partial charge is 0.0842 e. The van der Waals surface area contributed by atoms with Gasteiger partial charge in [-0.15, -0.1) is 0 Å². The van der Waals surface area contributed by atoms with Crippen molar-refractivity contribution >= 4 is 0 Å². The summed E-state index contributed by atoms with van der Waals surface area (Å²) in [6, 6.07) is 0. The van der Waals surface area contributed by atoms with E-state index in [9.17, 15) is 0 Å². The molecule has 0 nitrogen and oxygen atoms in total. The summed E-state index contributed by atoms with van der Waals surface area (Å²) in [4.78, 5) is 0. The quantitative estimate of drug-likeness (QED) is 0.330. The van der Waals surface area contributed by atoms with Gasteiger partial charge in [0.1, 0.15) is 0 Å². The molecule has 5 atom stereocenters. The number of unbranched alkanes of at least 4 members (excludes halogenated alkanes) is 2. The summed E-state index contributed by atoms with van der Waals surface area (Å²) in [7, 11) is 0. The van der Waals surface area contributed by atoms with Crippen molar-refractivity contribution in [3.05, 3.63) is 11.6 Å². The number of allylic oxidation sites excluding steroid dienone is 2. The Morgan fingerprint density at radius 3 is 2.58 bits per heavy atom. The molecular weight excluding hydrogens is 312 g/mol. The Morgan fingerprint density at radius 2 is 1.88 bits per heavy atom. The summed E-state index contributed by atoms with van der Waals surface area (Å²) in [6.07, 6.45) is 20.2. The fourth-order valence-corrected chi connectivity index (χ4v) is 6.67. The minimum absolute atomic E-state index is 0.638. The summed E-state index contributed by atoms with van der Waals surface area (Å²) >= 11 is 0. The Bertz CT molecular complexity index is 466. The van der Waals surface area contributed by atoms with E-state index in [0.717, 1.165) is 35.5 Å². The van der Waals surface area contributed by atoms with Crippen molar-refractivity contribution in [2.24, 2.45) is 40.9 Å². The molecule has 0 heteroatoms. The maximum atomic E-state index is 2.70. The monoisotopic (exact) mass is 358 g/mol. The molecule has 0 aromatic carbocycles. The van der Waals surface area contributed by atoms with Gasteiger partial charge in [-0.25, -0.2) is 0 Å². The maximum Gasteiger partial charge on any atom is -0.0134 e. The third-order valence-corrected chi connectivity index (χ3v) is 8.45. The molecule has 0 saturated heterocycles. The first kappa shape index (κ1) is 20.5. The maximum absolute atomic E-state index is 2.70. The SMILES string of the molecule is CCCCCC(C)C1CC(C)CCC2C(=CCC3(C)CC(C1)C3)C2CC. The van der Waals surface area contributed by atoms with Crippen LogP contribution in [0.3, 0.4) is 0 Å². The average molecular weight is 359 g/mol. The highest BCUT2D eigenvalue weighted by Crippen LogP contribution is 2.56. The van der Waals surface area contributed by atoms with Gasteiger partial charge in [0, 0.05) is 0 Å². The van der Waals surface area contributed by atoms with Gasteiger partial charge in [-0.2, -0.15) is 0 Å². The Kier molecular flexibility index (Phi) is 6.95. The summed E-state index contributed by atoms with van der Waals surface area (Å²) in [6.45, 7) is 12.4. The molecule has 0 amide bonds. The zero-order valence-electron chi connectivity index (χ0n) is 18.5. The molecule has 0 aromatic rings. The first-order chi connectivity index (χ1) is 12.5. The molecular formula is C26H46. The van der Waals surface area contributed by atoms with Crippen molar-refractivity contribution in [1.29, 1.82) is 0 Å². The number of hydrogen-bond donors (Lipinski definition) is 0. The second-order valence-electron chi connectivity index (χ2n) is 11.0. The molecule has 4 aliphatic carbocycles. The van der Waals surface area contributed by atoms with Crippen molar-refractivity contribution in [3.63, 3.8) is 0 Å². The summed E-state index contributed by atoms with van der Waals surface area (Å²) < 4.78 is 0. The predicted octanol–water partition coefficient (Wildman–Crippen LogP) is 8.42. The normalized spacial score (nSPS) is 41.6. The van der Waals surface area contributed by atoms with Crippen molar-refractivity contribution in [2.45, 2.75) is 112 Å². The van der Waals surface area contributed by atoms with Gasteiger partial charge >= 0.3 is 0 Å². The molecule has 4 aliphatic rings. The second-order valence-corrected chi connectivity index (χ2v) is 11.0. The van der Waals surface area contributed by atoms with E-state index in [2.05, 4.69) is 40.7 Å². The highest BCUT2D eigenvalue weighted by molar-refractivity contribution is 5.29. The van der Waals surface area contributed by atoms with E-state index in [4.69, 9.17) is 0 Å². The first-order valence-corrected chi connectivity index (χ1v) is 12.2. The third kappa shape index (κ3) is 4.96. The van der Waals surface area contributed by atoms with E-state index in [0.29, 0.717) is 5.41 Å². The lowest BCUT2D eigenvalue weighted by molar-refractivity contribution is 0.0470. The molecule has 0 heterocycles. The van der Waals surface area contributed by atoms with Crippen LogP contribution in [-0.4, -0.2) is 0 Å². The van der Waals surface area contributed by atoms with Gasteiger partial charge in [0.05, 0.1) is 0 Å². The van der Waals surface area contributed by atoms with Gasteiger partial charge in [-0.05, 0) is 85.9 Å². The van der Waals surface area contributed by atoms with Crippen molar-refractivity contribution in [1.82, 2.24) is 0 Å². The molecule has 0 N–H and O–H groups in total. The summed E-state index contributed by atoms with van der Waals surface area (Å²) in [5, 5.41) is 0. The zero-order chi connectivity index (χ0) is 18.7. The molecule has 150 valence electrons. The van der Waals surface area contributed by atoms with Crippen molar-refractivity contribution in [2.75, 3.05) is 0 Å². The van der Waals surface area contributed by atoms with Crippen LogP contribution in [0.2, 0.25) is 0 Å². The fourth-order valence-electron chi connectivity index (χ4n) is 6.67. The minimum atomic E-state index is 0.638. The molecule has 2 fully saturated rings. The van der Waals surface area contributed by atoms with Crippen molar-refractivity contribution in [3.8, 4) is 0 Å². The van der Waals surface area contributed by atoms with Crippen LogP contribution >= 0.6 is 0 Å². The van der Waals surface area contributed by atoms with Crippen LogP contribution in [0.1, 0.15) is 112 Å². The van der Waals surface area contributed by atoms with E-state index in [1.165, 1.54) is 77.0 Å². The van der Waals surface area contributed by atoms with Crippen LogP contribution in [0.25, 0.3) is 0 Å². The molecule has 0 aromatic heterocycles. The van der Waals surface area contributed by atoms with Crippen LogP contribution < -0.4 is 0 Å². The van der Waals surface area contributed by atoms with Gasteiger partial charge in [-0.3, -0.25) is 0 Å². The Hall–Kier alpha value is -0.260. The molecule has 2 bridgehead atoms. The minimum Gasteiger partial charge on any atom is -0.0842 e. The van der Waals surface area contributed by atoms with Gasteiger partial charge in [-0.1, -0.05) is 78.4 Å². The molecule has 2 saturated carbocycles. The zero-order valence-corrected chi connectivity index (χ0v) is 18.5. The molecule has 4 rings (SSSR count). The van der Waals surface area contributed by atoms with Gasteiger partial charge in [0.25, 0.3) is 0 Å². The molecule has 26 heavy (non-hydrogen) atoms. The Labute approximate surface area is 164 Å². The van der Waals surface area contributed by atoms with Crippen LogP contribution in [0.5, 0.6) is 0 Å². The van der Waals surface area contributed by atoms with Crippen LogP contribution in [0, 0.1) is 40.9 Å². The fraction of sp³-hybridized carbons (Fsp3) is 0.923. The number of hydrogen-bond acceptors (Lipinski definition) is 0. The smallest absolute Gasteiger partial charge is 0.0134 e. The van der Waals surface area contributed by atoms with Crippen LogP contribution in [0.15, 0.2) is 11.6 Å². The summed E-state index contributed by atoms with van der Waals surface area (Å²) in [5.41, 5.74) is 2.49. The molecule has 0 radical (unpaired) electrons. The average Bonchev–Trinajstić information content (AvgIpc) is 3.27. The molecule has 5 unspecified atom stereocenters. The third-order valence-electron chi connectivity index (χ3n) is 8.45.